The lowest BCUT2D eigenvalue weighted by molar-refractivity contribution is 0.316. The third kappa shape index (κ3) is 5.95. The first-order chi connectivity index (χ1) is 7.83. The lowest BCUT2D eigenvalue weighted by atomic mass is 9.97. The Bertz CT molecular complexity index is 198. The highest BCUT2D eigenvalue weighted by Gasteiger charge is 2.09. The first kappa shape index (κ1) is 13.3. The Kier molecular flexibility index (Phi) is 6.97. The third-order valence-electron chi connectivity index (χ3n) is 3.28. The highest BCUT2D eigenvalue weighted by Crippen LogP contribution is 2.16. The zero-order chi connectivity index (χ0) is 11.6. The second kappa shape index (κ2) is 8.39. The fourth-order valence-corrected chi connectivity index (χ4v) is 2.29. The van der Waals surface area contributed by atoms with Crippen molar-refractivity contribution in [1.82, 2.24) is 5.32 Å². The molecule has 1 aliphatic carbocycles. The van der Waals surface area contributed by atoms with E-state index in [1.54, 1.807) is 0 Å². The maximum absolute atomic E-state index is 8.39. The molecule has 16 heavy (non-hydrogen) atoms. The van der Waals surface area contributed by atoms with Gasteiger partial charge < -0.3 is 16.3 Å². The van der Waals surface area contributed by atoms with E-state index in [9.17, 15) is 0 Å². The second-order valence-electron chi connectivity index (χ2n) is 4.69. The van der Waals surface area contributed by atoms with Gasteiger partial charge in [0.2, 0.25) is 0 Å². The predicted octanol–water partition coefficient (Wildman–Crippen LogP) is 2.22. The number of hydrogen-bond donors (Lipinski definition) is 3. The van der Waals surface area contributed by atoms with E-state index in [0.717, 1.165) is 13.0 Å². The molecule has 0 atom stereocenters. The standard InChI is InChI=1S/C12H25N3O/c13-12(15-16)9-6-10-14-11-7-4-2-1-3-5-8-11/h11,14,16H,1-10H2,(H2,13,15). The van der Waals surface area contributed by atoms with Crippen LogP contribution in [0, 0.1) is 0 Å². The fraction of sp³-hybridized carbons (Fsp3) is 0.917. The minimum absolute atomic E-state index is 0.333. The molecule has 4 heteroatoms. The third-order valence-corrected chi connectivity index (χ3v) is 3.28. The summed E-state index contributed by atoms with van der Waals surface area (Å²) in [5, 5.41) is 14.9. The molecule has 0 radical (unpaired) electrons. The van der Waals surface area contributed by atoms with Crippen molar-refractivity contribution in [1.29, 1.82) is 0 Å². The summed E-state index contributed by atoms with van der Waals surface area (Å²) in [6.07, 6.45) is 11.2. The first-order valence-electron chi connectivity index (χ1n) is 6.52. The van der Waals surface area contributed by atoms with Gasteiger partial charge in [-0.1, -0.05) is 37.3 Å². The summed E-state index contributed by atoms with van der Waals surface area (Å²) in [7, 11) is 0. The largest absolute Gasteiger partial charge is 0.409 e. The van der Waals surface area contributed by atoms with Gasteiger partial charge in [0.1, 0.15) is 5.84 Å². The van der Waals surface area contributed by atoms with Crippen molar-refractivity contribution in [3.8, 4) is 0 Å². The van der Waals surface area contributed by atoms with Gasteiger partial charge in [0.25, 0.3) is 0 Å². The smallest absolute Gasteiger partial charge is 0.139 e. The number of oxime groups is 1. The van der Waals surface area contributed by atoms with E-state index in [2.05, 4.69) is 10.5 Å². The maximum Gasteiger partial charge on any atom is 0.139 e. The van der Waals surface area contributed by atoms with Gasteiger partial charge in [0.15, 0.2) is 0 Å². The highest BCUT2D eigenvalue weighted by molar-refractivity contribution is 5.79. The van der Waals surface area contributed by atoms with Gasteiger partial charge in [-0.05, 0) is 25.8 Å². The van der Waals surface area contributed by atoms with Gasteiger partial charge in [0.05, 0.1) is 0 Å². The van der Waals surface area contributed by atoms with E-state index >= 15 is 0 Å². The van der Waals surface area contributed by atoms with Crippen LogP contribution in [-0.4, -0.2) is 23.6 Å². The van der Waals surface area contributed by atoms with Crippen LogP contribution in [0.2, 0.25) is 0 Å². The van der Waals surface area contributed by atoms with Gasteiger partial charge in [0, 0.05) is 12.5 Å². The van der Waals surface area contributed by atoms with Gasteiger partial charge in [-0.15, -0.1) is 0 Å². The van der Waals surface area contributed by atoms with Crippen LogP contribution < -0.4 is 11.1 Å². The first-order valence-corrected chi connectivity index (χ1v) is 6.52. The van der Waals surface area contributed by atoms with E-state index in [4.69, 9.17) is 10.9 Å². The number of hydrogen-bond acceptors (Lipinski definition) is 3. The topological polar surface area (TPSA) is 70.6 Å². The molecule has 0 aliphatic heterocycles. The molecule has 0 bridgehead atoms. The number of nitrogens with two attached hydrogens (primary N) is 1. The molecule has 1 fully saturated rings. The molecule has 1 saturated carbocycles. The summed E-state index contributed by atoms with van der Waals surface area (Å²) in [4.78, 5) is 0. The van der Waals surface area contributed by atoms with Crippen molar-refractivity contribution in [2.45, 2.75) is 63.8 Å². The summed E-state index contributed by atoms with van der Waals surface area (Å²) in [5.41, 5.74) is 5.41. The Morgan fingerprint density at radius 3 is 2.44 bits per heavy atom. The van der Waals surface area contributed by atoms with E-state index in [1.807, 2.05) is 0 Å². The monoisotopic (exact) mass is 227 g/mol. The molecule has 94 valence electrons. The van der Waals surface area contributed by atoms with Gasteiger partial charge >= 0.3 is 0 Å². The molecule has 0 amide bonds. The second-order valence-corrected chi connectivity index (χ2v) is 4.69. The van der Waals surface area contributed by atoms with Crippen molar-refractivity contribution in [3.63, 3.8) is 0 Å². The van der Waals surface area contributed by atoms with Crippen LogP contribution in [0.1, 0.15) is 57.8 Å². The molecule has 4 N–H and O–H groups in total. The lowest BCUT2D eigenvalue weighted by Crippen LogP contribution is -2.31. The molecule has 4 nitrogen and oxygen atoms in total. The van der Waals surface area contributed by atoms with Crippen LogP contribution in [0.25, 0.3) is 0 Å². The van der Waals surface area contributed by atoms with Crippen molar-refractivity contribution < 1.29 is 5.21 Å². The van der Waals surface area contributed by atoms with Crippen LogP contribution in [0.15, 0.2) is 5.16 Å². The Balaban J connectivity index is 2.06. The van der Waals surface area contributed by atoms with Crippen LogP contribution >= 0.6 is 0 Å². The van der Waals surface area contributed by atoms with E-state index in [-0.39, 0.29) is 0 Å². The van der Waals surface area contributed by atoms with Crippen LogP contribution in [-0.2, 0) is 0 Å². The number of rotatable bonds is 5. The summed E-state index contributed by atoms with van der Waals surface area (Å²) in [5.74, 6) is 0.333. The molecule has 0 saturated heterocycles. The molecule has 0 heterocycles. The summed E-state index contributed by atoms with van der Waals surface area (Å²) >= 11 is 0. The Hall–Kier alpha value is -0.770. The molecule has 0 unspecified atom stereocenters. The van der Waals surface area contributed by atoms with Crippen LogP contribution in [0.5, 0.6) is 0 Å². The van der Waals surface area contributed by atoms with Gasteiger partial charge in [-0.3, -0.25) is 0 Å². The van der Waals surface area contributed by atoms with E-state index in [0.29, 0.717) is 18.3 Å². The molecule has 0 aromatic carbocycles. The van der Waals surface area contributed by atoms with Gasteiger partial charge in [-0.2, -0.15) is 0 Å². The molecular weight excluding hydrogens is 202 g/mol. The van der Waals surface area contributed by atoms with Crippen LogP contribution in [0.3, 0.4) is 0 Å². The summed E-state index contributed by atoms with van der Waals surface area (Å²) < 4.78 is 0. The highest BCUT2D eigenvalue weighted by atomic mass is 16.4. The summed E-state index contributed by atoms with van der Waals surface area (Å²) in [6.45, 7) is 0.973. The lowest BCUT2D eigenvalue weighted by Gasteiger charge is -2.20. The molecule has 0 spiro atoms. The molecule has 1 aliphatic rings. The zero-order valence-corrected chi connectivity index (χ0v) is 10.1. The Labute approximate surface area is 98.3 Å². The quantitative estimate of drug-likeness (QED) is 0.222. The average molecular weight is 227 g/mol. The van der Waals surface area contributed by atoms with Gasteiger partial charge in [-0.25, -0.2) is 0 Å². The Morgan fingerprint density at radius 1 is 1.19 bits per heavy atom. The van der Waals surface area contributed by atoms with E-state index in [1.165, 1.54) is 44.9 Å². The molecular formula is C12H25N3O. The normalized spacial score (nSPS) is 20.4. The zero-order valence-electron chi connectivity index (χ0n) is 10.1. The van der Waals surface area contributed by atoms with Crippen molar-refractivity contribution >= 4 is 5.84 Å². The fourth-order valence-electron chi connectivity index (χ4n) is 2.29. The van der Waals surface area contributed by atoms with Crippen LogP contribution in [0.4, 0.5) is 0 Å². The predicted molar refractivity (Wildman–Crippen MR) is 66.8 cm³/mol. The van der Waals surface area contributed by atoms with Crippen molar-refractivity contribution in [2.24, 2.45) is 10.9 Å². The SMILES string of the molecule is NC(CCCNC1CCCCCCC1)=NO. The number of amidine groups is 1. The van der Waals surface area contributed by atoms with Crippen molar-refractivity contribution in [3.05, 3.63) is 0 Å². The minimum Gasteiger partial charge on any atom is -0.409 e. The van der Waals surface area contributed by atoms with Crippen molar-refractivity contribution in [2.75, 3.05) is 6.54 Å². The number of nitrogens with one attached hydrogen (secondary N) is 1. The Morgan fingerprint density at radius 2 is 1.81 bits per heavy atom. The molecule has 1 rings (SSSR count). The summed E-state index contributed by atoms with van der Waals surface area (Å²) in [6, 6.07) is 0.688. The maximum atomic E-state index is 8.39. The molecule has 0 aromatic heterocycles. The minimum atomic E-state index is 0.333. The van der Waals surface area contributed by atoms with E-state index < -0.39 is 0 Å². The molecule has 0 aromatic rings. The number of nitrogens with zero attached hydrogens (tertiary/aromatic N) is 1. The average Bonchev–Trinajstić information content (AvgIpc) is 2.26.